The molecule has 3 aromatic rings. The molecule has 0 bridgehead atoms. The van der Waals surface area contributed by atoms with Crippen LogP contribution in [0.2, 0.25) is 0 Å². The number of nitrogens with zero attached hydrogens (tertiary/aromatic N) is 1. The number of carbonyl (C=O) groups is 1. The Hall–Kier alpha value is -3.47. The summed E-state index contributed by atoms with van der Waals surface area (Å²) in [4.78, 5) is 14.1. The number of carbonyl (C=O) groups excluding carboxylic acids is 1. The molecule has 214 valence electrons. The number of nitrogens with one attached hydrogen (secondary N) is 2. The maximum Gasteiger partial charge on any atom is 0.319 e. The summed E-state index contributed by atoms with van der Waals surface area (Å²) in [6, 6.07) is 21.5. The van der Waals surface area contributed by atoms with Crippen LogP contribution in [0.5, 0.6) is 5.75 Å². The number of aliphatic hydroxyl groups excluding tert-OH is 2. The molecule has 40 heavy (non-hydrogen) atoms. The second-order valence-corrected chi connectivity index (χ2v) is 10.3. The number of aliphatic hydroxyl groups is 2. The molecule has 1 fully saturated rings. The average Bonchev–Trinajstić information content (AvgIpc) is 2.94. The molecule has 0 aliphatic carbocycles. The van der Waals surface area contributed by atoms with Crippen LogP contribution in [0.25, 0.3) is 0 Å². The fourth-order valence-electron chi connectivity index (χ4n) is 4.94. The Kier molecular flexibility index (Phi) is 10.1. The van der Waals surface area contributed by atoms with Crippen LogP contribution >= 0.6 is 0 Å². The summed E-state index contributed by atoms with van der Waals surface area (Å²) in [5.41, 5.74) is 3.83. The van der Waals surface area contributed by atoms with E-state index >= 15 is 0 Å². The Morgan fingerprint density at radius 2 is 1.77 bits per heavy atom. The number of phenols is 1. The number of urea groups is 1. The van der Waals surface area contributed by atoms with Crippen molar-refractivity contribution in [2.45, 2.75) is 45.1 Å². The number of hydrogen-bond donors (Lipinski definition) is 5. The van der Waals surface area contributed by atoms with E-state index in [0.29, 0.717) is 30.9 Å². The zero-order chi connectivity index (χ0) is 28.6. The topological polar surface area (TPSA) is 124 Å². The van der Waals surface area contributed by atoms with Crippen molar-refractivity contribution in [1.29, 1.82) is 0 Å². The summed E-state index contributed by atoms with van der Waals surface area (Å²) < 4.78 is 13.0. The molecule has 0 aromatic heterocycles. The van der Waals surface area contributed by atoms with Gasteiger partial charge in [0.05, 0.1) is 24.9 Å². The van der Waals surface area contributed by atoms with Crippen LogP contribution in [0.3, 0.4) is 0 Å². The lowest BCUT2D eigenvalue weighted by molar-refractivity contribution is -0.276. The minimum absolute atomic E-state index is 0.0340. The largest absolute Gasteiger partial charge is 0.508 e. The van der Waals surface area contributed by atoms with Crippen molar-refractivity contribution >= 4 is 11.7 Å². The lowest BCUT2D eigenvalue weighted by atomic mass is 9.90. The van der Waals surface area contributed by atoms with Gasteiger partial charge in [-0.05, 0) is 54.9 Å². The number of rotatable bonds is 10. The van der Waals surface area contributed by atoms with Crippen LogP contribution in [-0.4, -0.2) is 59.0 Å². The minimum Gasteiger partial charge on any atom is -0.508 e. The Labute approximate surface area is 235 Å². The first-order valence-electron chi connectivity index (χ1n) is 13.6. The van der Waals surface area contributed by atoms with Crippen molar-refractivity contribution in [3.05, 3.63) is 95.1 Å². The van der Waals surface area contributed by atoms with Crippen molar-refractivity contribution in [2.24, 2.45) is 5.92 Å². The molecule has 1 saturated heterocycles. The Bertz CT molecular complexity index is 1250. The second kappa shape index (κ2) is 13.7. The summed E-state index contributed by atoms with van der Waals surface area (Å²) in [6.07, 6.45) is -2.01. The maximum absolute atomic E-state index is 12.1. The highest BCUT2D eigenvalue weighted by molar-refractivity contribution is 5.89. The van der Waals surface area contributed by atoms with Crippen LogP contribution in [-0.2, 0) is 16.1 Å². The lowest BCUT2D eigenvalue weighted by Gasteiger charge is -2.42. The van der Waals surface area contributed by atoms with Crippen LogP contribution < -0.4 is 10.6 Å². The number of phenolic OH excluding ortho intramolecular Hbond substituents is 1. The summed E-state index contributed by atoms with van der Waals surface area (Å²) in [5, 5.41) is 35.6. The van der Waals surface area contributed by atoms with Gasteiger partial charge in [0, 0.05) is 36.8 Å². The summed E-state index contributed by atoms with van der Waals surface area (Å²) in [6.45, 7) is 5.30. The molecule has 0 saturated carbocycles. The van der Waals surface area contributed by atoms with Crippen molar-refractivity contribution in [1.82, 2.24) is 10.2 Å². The predicted molar refractivity (Wildman–Crippen MR) is 153 cm³/mol. The van der Waals surface area contributed by atoms with Crippen LogP contribution in [0.1, 0.15) is 54.6 Å². The number of ether oxygens (including phenoxy) is 2. The zero-order valence-electron chi connectivity index (χ0n) is 23.2. The molecule has 0 spiro atoms. The highest BCUT2D eigenvalue weighted by Crippen LogP contribution is 2.42. The van der Waals surface area contributed by atoms with Crippen LogP contribution in [0.15, 0.2) is 72.8 Å². The van der Waals surface area contributed by atoms with E-state index in [1.54, 1.807) is 24.3 Å². The first-order chi connectivity index (χ1) is 19.3. The molecular formula is C31H39N3O6. The van der Waals surface area contributed by atoms with E-state index in [9.17, 15) is 20.1 Å². The number of aromatic hydroxyl groups is 1. The Balaban J connectivity index is 1.55. The van der Waals surface area contributed by atoms with Crippen LogP contribution in [0, 0.1) is 5.92 Å². The molecule has 4 rings (SSSR count). The van der Waals surface area contributed by atoms with Gasteiger partial charge in [0.25, 0.3) is 0 Å². The van der Waals surface area contributed by atoms with Gasteiger partial charge in [-0.2, -0.15) is 0 Å². The summed E-state index contributed by atoms with van der Waals surface area (Å²) in [5.74, 6) is 0.0793. The summed E-state index contributed by atoms with van der Waals surface area (Å²) in [7, 11) is 1.93. The van der Waals surface area contributed by atoms with Gasteiger partial charge in [0.2, 0.25) is 0 Å². The van der Waals surface area contributed by atoms with Gasteiger partial charge in [-0.3, -0.25) is 0 Å². The van der Waals surface area contributed by atoms with E-state index < -0.39 is 12.4 Å². The third-order valence-electron chi connectivity index (χ3n) is 7.11. The molecule has 3 aromatic carbocycles. The van der Waals surface area contributed by atoms with Crippen molar-refractivity contribution in [3.63, 3.8) is 0 Å². The van der Waals surface area contributed by atoms with E-state index in [2.05, 4.69) is 17.6 Å². The molecule has 5 N–H and O–H groups in total. The smallest absolute Gasteiger partial charge is 0.319 e. The first kappa shape index (κ1) is 29.5. The minimum atomic E-state index is -0.776. The normalized spacial score (nSPS) is 21.6. The van der Waals surface area contributed by atoms with Crippen LogP contribution in [0.4, 0.5) is 10.5 Å². The molecule has 1 aliphatic rings. The summed E-state index contributed by atoms with van der Waals surface area (Å²) >= 11 is 0. The molecule has 5 atom stereocenters. The second-order valence-electron chi connectivity index (χ2n) is 10.3. The van der Waals surface area contributed by atoms with Gasteiger partial charge in [-0.1, -0.05) is 55.5 Å². The molecule has 5 unspecified atom stereocenters. The van der Waals surface area contributed by atoms with Gasteiger partial charge in [0.15, 0.2) is 6.29 Å². The first-order valence-corrected chi connectivity index (χ1v) is 13.6. The number of likely N-dealkylation sites (N-methyl/N-ethyl adjacent to an activating group) is 1. The fourth-order valence-corrected chi connectivity index (χ4v) is 4.94. The Morgan fingerprint density at radius 1 is 1.02 bits per heavy atom. The SMILES string of the molecule is CCNC(=O)Nc1cccc(C2OC(CN(C)CC(O)c3cccc(O)c3)C(C)C(c3ccc(CO)cc3)O2)c1. The van der Waals surface area contributed by atoms with E-state index in [1.165, 1.54) is 0 Å². The van der Waals surface area contributed by atoms with Gasteiger partial charge in [-0.15, -0.1) is 0 Å². The van der Waals surface area contributed by atoms with Gasteiger partial charge < -0.3 is 40.3 Å². The molecule has 9 nitrogen and oxygen atoms in total. The highest BCUT2D eigenvalue weighted by atomic mass is 16.7. The molecule has 9 heteroatoms. The van der Waals surface area contributed by atoms with E-state index in [4.69, 9.17) is 9.47 Å². The predicted octanol–water partition coefficient (Wildman–Crippen LogP) is 4.48. The van der Waals surface area contributed by atoms with Gasteiger partial charge >= 0.3 is 6.03 Å². The lowest BCUT2D eigenvalue weighted by Crippen LogP contribution is -2.44. The van der Waals surface area contributed by atoms with Crippen molar-refractivity contribution in [2.75, 3.05) is 32.0 Å². The zero-order valence-corrected chi connectivity index (χ0v) is 23.2. The van der Waals surface area contributed by atoms with Crippen molar-refractivity contribution < 1.29 is 29.6 Å². The monoisotopic (exact) mass is 549 g/mol. The molecule has 1 heterocycles. The fraction of sp³-hybridized carbons (Fsp3) is 0.387. The number of benzene rings is 3. The Morgan fingerprint density at radius 3 is 2.48 bits per heavy atom. The number of amides is 2. The number of anilines is 1. The number of hydrogen-bond acceptors (Lipinski definition) is 7. The van der Waals surface area contributed by atoms with Crippen molar-refractivity contribution in [3.8, 4) is 5.75 Å². The highest BCUT2D eigenvalue weighted by Gasteiger charge is 2.39. The molecule has 1 aliphatic heterocycles. The molecule has 0 radical (unpaired) electrons. The van der Waals surface area contributed by atoms with E-state index in [-0.39, 0.29) is 36.5 Å². The van der Waals surface area contributed by atoms with Gasteiger partial charge in [0.1, 0.15) is 5.75 Å². The maximum atomic E-state index is 12.1. The van der Waals surface area contributed by atoms with E-state index in [1.807, 2.05) is 67.4 Å². The average molecular weight is 550 g/mol. The van der Waals surface area contributed by atoms with Gasteiger partial charge in [-0.25, -0.2) is 4.79 Å². The standard InChI is InChI=1S/C31H39N3O6/c1-4-32-31(38)33-25-9-5-8-24(15-25)30-39-28(18-34(3)17-27(37)23-7-6-10-26(36)16-23)20(2)29(40-30)22-13-11-21(19-35)12-14-22/h5-16,20,27-30,35-37H,4,17-19H2,1-3H3,(H2,32,33,38). The quantitative estimate of drug-likeness (QED) is 0.253. The molecular weight excluding hydrogens is 510 g/mol. The van der Waals surface area contributed by atoms with E-state index in [0.717, 1.165) is 16.7 Å². The third-order valence-corrected chi connectivity index (χ3v) is 7.11. The molecule has 2 amide bonds. The third kappa shape index (κ3) is 7.59.